The van der Waals surface area contributed by atoms with Crippen LogP contribution in [0.2, 0.25) is 0 Å². The quantitative estimate of drug-likeness (QED) is 0.737. The number of carbonyl (C=O) groups is 1. The van der Waals surface area contributed by atoms with E-state index in [0.29, 0.717) is 18.6 Å². The number of pyridine rings is 1. The molecule has 0 aromatic carbocycles. The molecule has 1 aromatic rings. The van der Waals surface area contributed by atoms with Gasteiger partial charge in [-0.3, -0.25) is 9.78 Å². The highest BCUT2D eigenvalue weighted by Crippen LogP contribution is 2.06. The number of hydrogen-bond donors (Lipinski definition) is 1. The van der Waals surface area contributed by atoms with E-state index >= 15 is 0 Å². The van der Waals surface area contributed by atoms with Crippen molar-refractivity contribution in [1.29, 1.82) is 0 Å². The van der Waals surface area contributed by atoms with Crippen LogP contribution in [0.3, 0.4) is 0 Å². The van der Waals surface area contributed by atoms with Gasteiger partial charge in [-0.15, -0.1) is 0 Å². The van der Waals surface area contributed by atoms with Crippen molar-refractivity contribution in [1.82, 2.24) is 10.3 Å². The number of Topliss-reactive ketones (excluding diaryl/α,β-unsaturated/α-hetero) is 1. The minimum Gasteiger partial charge on any atom is -0.378 e. The Kier molecular flexibility index (Phi) is 3.42. The summed E-state index contributed by atoms with van der Waals surface area (Å²) in [6, 6.07) is 3.71. The Morgan fingerprint density at radius 3 is 3.27 bits per heavy atom. The van der Waals surface area contributed by atoms with Gasteiger partial charge in [0, 0.05) is 37.0 Å². The van der Waals surface area contributed by atoms with E-state index < -0.39 is 0 Å². The van der Waals surface area contributed by atoms with Crippen LogP contribution in [0, 0.1) is 0 Å². The van der Waals surface area contributed by atoms with E-state index in [-0.39, 0.29) is 11.8 Å². The second kappa shape index (κ2) is 5.00. The predicted octanol–water partition coefficient (Wildman–Crippen LogP) is 0.643. The second-order valence-electron chi connectivity index (χ2n) is 3.59. The molecule has 80 valence electrons. The van der Waals surface area contributed by atoms with Gasteiger partial charge in [-0.05, 0) is 12.1 Å². The summed E-state index contributed by atoms with van der Waals surface area (Å²) in [5.74, 6) is 0.117. The molecule has 1 aliphatic rings. The fourth-order valence-electron chi connectivity index (χ4n) is 1.62. The molecule has 1 unspecified atom stereocenters. The first kappa shape index (κ1) is 10.3. The summed E-state index contributed by atoms with van der Waals surface area (Å²) in [6.45, 7) is 2.18. The number of morpholine rings is 1. The summed E-state index contributed by atoms with van der Waals surface area (Å²) in [6.07, 6.45) is 3.75. The molecule has 4 heteroatoms. The van der Waals surface area contributed by atoms with Crippen LogP contribution in [0.4, 0.5) is 0 Å². The zero-order chi connectivity index (χ0) is 10.5. The summed E-state index contributed by atoms with van der Waals surface area (Å²) >= 11 is 0. The molecule has 0 saturated carbocycles. The van der Waals surface area contributed by atoms with Crippen molar-refractivity contribution < 1.29 is 9.53 Å². The number of ketones is 1. The third-order valence-electron chi connectivity index (χ3n) is 2.41. The van der Waals surface area contributed by atoms with Crippen molar-refractivity contribution in [3.63, 3.8) is 0 Å². The van der Waals surface area contributed by atoms with Crippen LogP contribution in [-0.2, 0) is 4.74 Å². The van der Waals surface area contributed by atoms with Crippen molar-refractivity contribution in [2.45, 2.75) is 12.5 Å². The van der Waals surface area contributed by atoms with Crippen LogP contribution in [-0.4, -0.2) is 36.6 Å². The van der Waals surface area contributed by atoms with Gasteiger partial charge in [-0.1, -0.05) is 0 Å². The highest BCUT2D eigenvalue weighted by molar-refractivity contribution is 5.96. The summed E-state index contributed by atoms with van der Waals surface area (Å²) in [5, 5.41) is 3.25. The van der Waals surface area contributed by atoms with E-state index in [0.717, 1.165) is 13.2 Å². The summed E-state index contributed by atoms with van der Waals surface area (Å²) in [5.41, 5.74) is 0.671. The predicted molar refractivity (Wildman–Crippen MR) is 55.8 cm³/mol. The molecular formula is C11H14N2O2. The summed E-state index contributed by atoms with van der Waals surface area (Å²) in [7, 11) is 0. The minimum atomic E-state index is 0.117. The van der Waals surface area contributed by atoms with E-state index in [1.165, 1.54) is 0 Å². The van der Waals surface area contributed by atoms with E-state index in [9.17, 15) is 4.79 Å². The molecule has 0 radical (unpaired) electrons. The Balaban J connectivity index is 1.91. The number of hydrogen-bond acceptors (Lipinski definition) is 4. The van der Waals surface area contributed by atoms with Crippen molar-refractivity contribution >= 4 is 5.78 Å². The van der Waals surface area contributed by atoms with Gasteiger partial charge < -0.3 is 10.1 Å². The second-order valence-corrected chi connectivity index (χ2v) is 3.59. The molecule has 0 aliphatic carbocycles. The zero-order valence-electron chi connectivity index (χ0n) is 8.48. The van der Waals surface area contributed by atoms with Gasteiger partial charge >= 0.3 is 0 Å². The van der Waals surface area contributed by atoms with Crippen molar-refractivity contribution in [3.8, 4) is 0 Å². The van der Waals surface area contributed by atoms with Gasteiger partial charge in [0.1, 0.15) is 0 Å². The van der Waals surface area contributed by atoms with Gasteiger partial charge in [0.15, 0.2) is 5.78 Å². The maximum atomic E-state index is 11.8. The highest BCUT2D eigenvalue weighted by atomic mass is 16.5. The molecule has 0 amide bonds. The van der Waals surface area contributed by atoms with Crippen molar-refractivity contribution in [3.05, 3.63) is 30.1 Å². The molecule has 15 heavy (non-hydrogen) atoms. The van der Waals surface area contributed by atoms with Gasteiger partial charge in [0.2, 0.25) is 0 Å². The monoisotopic (exact) mass is 206 g/mol. The first-order chi connectivity index (χ1) is 7.36. The average molecular weight is 206 g/mol. The minimum absolute atomic E-state index is 0.117. The van der Waals surface area contributed by atoms with Crippen LogP contribution < -0.4 is 5.32 Å². The SMILES string of the molecule is O=C(CC1COCCN1)c1cccnc1. The number of aromatic nitrogens is 1. The maximum Gasteiger partial charge on any atom is 0.166 e. The average Bonchev–Trinajstić information content (AvgIpc) is 2.31. The molecular weight excluding hydrogens is 192 g/mol. The zero-order valence-corrected chi connectivity index (χ0v) is 8.48. The number of rotatable bonds is 3. The third-order valence-corrected chi connectivity index (χ3v) is 2.41. The Bertz CT molecular complexity index is 321. The summed E-state index contributed by atoms with van der Waals surface area (Å²) in [4.78, 5) is 15.7. The van der Waals surface area contributed by atoms with Crippen LogP contribution in [0.5, 0.6) is 0 Å². The van der Waals surface area contributed by atoms with Gasteiger partial charge in [0.05, 0.1) is 13.2 Å². The molecule has 4 nitrogen and oxygen atoms in total. The van der Waals surface area contributed by atoms with Gasteiger partial charge in [0.25, 0.3) is 0 Å². The molecule has 0 bridgehead atoms. The Morgan fingerprint density at radius 1 is 1.67 bits per heavy atom. The number of ether oxygens (including phenoxy) is 1. The van der Waals surface area contributed by atoms with E-state index in [1.807, 2.05) is 0 Å². The highest BCUT2D eigenvalue weighted by Gasteiger charge is 2.17. The van der Waals surface area contributed by atoms with Gasteiger partial charge in [-0.25, -0.2) is 0 Å². The number of carbonyl (C=O) groups excluding carboxylic acids is 1. The Hall–Kier alpha value is -1.26. The lowest BCUT2D eigenvalue weighted by atomic mass is 10.1. The topological polar surface area (TPSA) is 51.2 Å². The Labute approximate surface area is 88.7 Å². The first-order valence-corrected chi connectivity index (χ1v) is 5.10. The van der Waals surface area contributed by atoms with Crippen LogP contribution in [0.15, 0.2) is 24.5 Å². The van der Waals surface area contributed by atoms with E-state index in [2.05, 4.69) is 10.3 Å². The van der Waals surface area contributed by atoms with Crippen LogP contribution in [0.25, 0.3) is 0 Å². The van der Waals surface area contributed by atoms with Gasteiger partial charge in [-0.2, -0.15) is 0 Å². The first-order valence-electron chi connectivity index (χ1n) is 5.10. The molecule has 1 fully saturated rings. The van der Waals surface area contributed by atoms with Crippen LogP contribution in [0.1, 0.15) is 16.8 Å². The van der Waals surface area contributed by atoms with E-state index in [4.69, 9.17) is 4.74 Å². The Morgan fingerprint density at radius 2 is 2.60 bits per heavy atom. The lowest BCUT2D eigenvalue weighted by Gasteiger charge is -2.22. The molecule has 2 heterocycles. The maximum absolute atomic E-state index is 11.8. The normalized spacial score (nSPS) is 21.2. The number of nitrogens with zero attached hydrogens (tertiary/aromatic N) is 1. The molecule has 1 saturated heterocycles. The molecule has 0 spiro atoms. The smallest absolute Gasteiger partial charge is 0.166 e. The molecule has 1 aliphatic heterocycles. The lowest BCUT2D eigenvalue weighted by Crippen LogP contribution is -2.42. The van der Waals surface area contributed by atoms with E-state index in [1.54, 1.807) is 24.5 Å². The third kappa shape index (κ3) is 2.84. The van der Waals surface area contributed by atoms with Crippen molar-refractivity contribution in [2.75, 3.05) is 19.8 Å². The largest absolute Gasteiger partial charge is 0.378 e. The standard InChI is InChI=1S/C11H14N2O2/c14-11(9-2-1-3-12-7-9)6-10-8-15-5-4-13-10/h1-3,7,10,13H,4-6,8H2. The molecule has 1 N–H and O–H groups in total. The fraction of sp³-hybridized carbons (Fsp3) is 0.455. The van der Waals surface area contributed by atoms with Crippen LogP contribution >= 0.6 is 0 Å². The lowest BCUT2D eigenvalue weighted by molar-refractivity contribution is 0.0676. The van der Waals surface area contributed by atoms with Crippen molar-refractivity contribution in [2.24, 2.45) is 0 Å². The molecule has 2 rings (SSSR count). The fourth-order valence-corrected chi connectivity index (χ4v) is 1.62. The number of nitrogens with one attached hydrogen (secondary N) is 1. The molecule has 1 aromatic heterocycles. The summed E-state index contributed by atoms with van der Waals surface area (Å²) < 4.78 is 5.29. The molecule has 1 atom stereocenters.